The second-order valence-electron chi connectivity index (χ2n) is 7.73. The van der Waals surface area contributed by atoms with Crippen LogP contribution in [0.3, 0.4) is 0 Å². The molecule has 0 atom stereocenters. The minimum atomic E-state index is 0.879. The molecular weight excluding hydrogens is 392 g/mol. The Balaban J connectivity index is 1.52. The third kappa shape index (κ3) is 2.87. The highest BCUT2D eigenvalue weighted by Gasteiger charge is 2.15. The Bertz CT molecular complexity index is 1630. The van der Waals surface area contributed by atoms with E-state index in [1.165, 1.54) is 5.39 Å². The topological polar surface area (TPSA) is 31.0 Å². The molecule has 0 unspecified atom stereocenters. The minimum absolute atomic E-state index is 0.879. The molecule has 3 heteroatoms. The van der Waals surface area contributed by atoms with E-state index >= 15 is 0 Å². The number of fused-ring (bicyclic) bond motifs is 4. The quantitative estimate of drug-likeness (QED) is 0.296. The maximum Gasteiger partial charge on any atom is 0.137 e. The monoisotopic (exact) mass is 412 g/mol. The van der Waals surface area contributed by atoms with Crippen molar-refractivity contribution in [2.75, 3.05) is 0 Å². The molecule has 0 spiro atoms. The van der Waals surface area contributed by atoms with Gasteiger partial charge in [-0.25, -0.2) is 4.98 Å². The molecule has 0 bridgehead atoms. The summed E-state index contributed by atoms with van der Waals surface area (Å²) < 4.78 is 8.13. The van der Waals surface area contributed by atoms with Crippen molar-refractivity contribution < 1.29 is 4.42 Å². The summed E-state index contributed by atoms with van der Waals surface area (Å²) in [6.07, 6.45) is 8.04. The van der Waals surface area contributed by atoms with Gasteiger partial charge in [0.2, 0.25) is 0 Å². The number of hydrogen-bond donors (Lipinski definition) is 0. The molecule has 0 amide bonds. The number of hydrogen-bond acceptors (Lipinski definition) is 2. The highest BCUT2D eigenvalue weighted by Crippen LogP contribution is 2.33. The molecule has 0 saturated heterocycles. The van der Waals surface area contributed by atoms with Gasteiger partial charge in [-0.2, -0.15) is 0 Å². The molecule has 3 nitrogen and oxygen atoms in total. The van der Waals surface area contributed by atoms with Crippen molar-refractivity contribution in [3.63, 3.8) is 0 Å². The smallest absolute Gasteiger partial charge is 0.137 e. The van der Waals surface area contributed by atoms with Gasteiger partial charge >= 0.3 is 0 Å². The van der Waals surface area contributed by atoms with Crippen LogP contribution in [0.2, 0.25) is 0 Å². The number of pyridine rings is 1. The van der Waals surface area contributed by atoms with E-state index in [-0.39, 0.29) is 0 Å². The van der Waals surface area contributed by atoms with E-state index < -0.39 is 0 Å². The van der Waals surface area contributed by atoms with Crippen LogP contribution in [0.15, 0.2) is 102 Å². The van der Waals surface area contributed by atoms with Gasteiger partial charge < -0.3 is 4.42 Å². The van der Waals surface area contributed by atoms with Crippen molar-refractivity contribution in [1.29, 1.82) is 0 Å². The van der Waals surface area contributed by atoms with Crippen LogP contribution in [0.5, 0.6) is 0 Å². The Morgan fingerprint density at radius 2 is 1.53 bits per heavy atom. The summed E-state index contributed by atoms with van der Waals surface area (Å²) in [6, 6.07) is 28.8. The van der Waals surface area contributed by atoms with Gasteiger partial charge in [-0.3, -0.25) is 4.57 Å². The minimum Gasteiger partial charge on any atom is -0.456 e. The molecule has 0 aliphatic rings. The van der Waals surface area contributed by atoms with Gasteiger partial charge in [0.05, 0.1) is 11.2 Å². The molecule has 32 heavy (non-hydrogen) atoms. The van der Waals surface area contributed by atoms with Crippen LogP contribution in [0.1, 0.15) is 16.8 Å². The Morgan fingerprint density at radius 3 is 2.38 bits per heavy atom. The van der Waals surface area contributed by atoms with E-state index in [9.17, 15) is 0 Å². The molecule has 3 heterocycles. The molecule has 0 fully saturated rings. The van der Waals surface area contributed by atoms with Gasteiger partial charge in [-0.15, -0.1) is 0 Å². The van der Waals surface area contributed by atoms with E-state index in [2.05, 4.69) is 70.7 Å². The van der Waals surface area contributed by atoms with Gasteiger partial charge in [0.15, 0.2) is 0 Å². The lowest BCUT2D eigenvalue weighted by Crippen LogP contribution is -1.99. The second kappa shape index (κ2) is 7.40. The van der Waals surface area contributed by atoms with E-state index in [1.807, 2.05) is 54.7 Å². The highest BCUT2D eigenvalue weighted by atomic mass is 16.3. The first kappa shape index (κ1) is 18.4. The summed E-state index contributed by atoms with van der Waals surface area (Å²) >= 11 is 0. The summed E-state index contributed by atoms with van der Waals surface area (Å²) in [5.74, 6) is 0.879. The van der Waals surface area contributed by atoms with Crippen molar-refractivity contribution in [2.45, 2.75) is 0 Å². The summed E-state index contributed by atoms with van der Waals surface area (Å²) in [5.41, 5.74) is 6.19. The highest BCUT2D eigenvalue weighted by molar-refractivity contribution is 6.06. The molecule has 0 N–H and O–H groups in total. The molecule has 0 saturated carbocycles. The Hall–Kier alpha value is -4.37. The first-order valence-electron chi connectivity index (χ1n) is 10.6. The fourth-order valence-electron chi connectivity index (χ4n) is 4.42. The Labute approximate surface area is 185 Å². The number of rotatable bonds is 4. The van der Waals surface area contributed by atoms with Gasteiger partial charge in [0.1, 0.15) is 17.0 Å². The zero-order chi connectivity index (χ0) is 21.5. The Morgan fingerprint density at radius 1 is 0.750 bits per heavy atom. The van der Waals surface area contributed by atoms with Crippen molar-refractivity contribution in [1.82, 2.24) is 9.55 Å². The molecular formula is C29H20N2O. The number of furan rings is 1. The van der Waals surface area contributed by atoms with Crippen LogP contribution in [0.4, 0.5) is 0 Å². The molecule has 152 valence electrons. The van der Waals surface area contributed by atoms with Crippen molar-refractivity contribution in [2.24, 2.45) is 0 Å². The lowest BCUT2D eigenvalue weighted by Gasteiger charge is -2.07. The predicted octanol–water partition coefficient (Wildman–Crippen LogP) is 7.74. The third-order valence-corrected chi connectivity index (χ3v) is 5.87. The van der Waals surface area contributed by atoms with Crippen molar-refractivity contribution in [3.05, 3.63) is 115 Å². The van der Waals surface area contributed by atoms with Crippen LogP contribution in [-0.2, 0) is 0 Å². The number of nitrogens with zero attached hydrogens (tertiary/aromatic N) is 2. The summed E-state index contributed by atoms with van der Waals surface area (Å²) in [7, 11) is 0. The number of aromatic nitrogens is 2. The zero-order valence-corrected chi connectivity index (χ0v) is 17.4. The van der Waals surface area contributed by atoms with Crippen LogP contribution in [0.25, 0.3) is 56.9 Å². The fraction of sp³-hybridized carbons (Fsp3) is 0. The SMILES string of the molecule is C=Cc1c(C=Cc2ccc3oc4ccccc4c3c2)c2ccccc2n1-c1ccccn1. The average Bonchev–Trinajstić information content (AvgIpc) is 3.38. The summed E-state index contributed by atoms with van der Waals surface area (Å²) in [6.45, 7) is 4.10. The van der Waals surface area contributed by atoms with E-state index in [0.717, 1.165) is 50.1 Å². The largest absolute Gasteiger partial charge is 0.456 e. The maximum atomic E-state index is 5.97. The Kier molecular flexibility index (Phi) is 4.25. The molecule has 6 rings (SSSR count). The molecule has 3 aromatic carbocycles. The standard InChI is InChI=1S/C29H20N2O/c1-2-25-22(21-9-3-5-11-26(21)31(25)29-13-7-8-18-30-29)16-14-20-15-17-28-24(19-20)23-10-4-6-12-27(23)32-28/h2-19H,1H2. The summed E-state index contributed by atoms with van der Waals surface area (Å²) in [4.78, 5) is 4.58. The lowest BCUT2D eigenvalue weighted by molar-refractivity contribution is 0.669. The maximum absolute atomic E-state index is 5.97. The first-order chi connectivity index (χ1) is 15.8. The van der Waals surface area contributed by atoms with Crippen LogP contribution in [0, 0.1) is 0 Å². The van der Waals surface area contributed by atoms with Crippen molar-refractivity contribution >= 4 is 51.1 Å². The van der Waals surface area contributed by atoms with E-state index in [1.54, 1.807) is 0 Å². The molecule has 0 radical (unpaired) electrons. The molecule has 0 aliphatic carbocycles. The van der Waals surface area contributed by atoms with E-state index in [0.29, 0.717) is 0 Å². The van der Waals surface area contributed by atoms with Crippen LogP contribution in [-0.4, -0.2) is 9.55 Å². The molecule has 3 aromatic heterocycles. The zero-order valence-electron chi connectivity index (χ0n) is 17.4. The second-order valence-corrected chi connectivity index (χ2v) is 7.73. The average molecular weight is 412 g/mol. The lowest BCUT2D eigenvalue weighted by atomic mass is 10.1. The van der Waals surface area contributed by atoms with Gasteiger partial charge in [-0.05, 0) is 48.0 Å². The van der Waals surface area contributed by atoms with Gasteiger partial charge in [-0.1, -0.05) is 67.3 Å². The normalized spacial score (nSPS) is 11.8. The van der Waals surface area contributed by atoms with Gasteiger partial charge in [0, 0.05) is 27.9 Å². The van der Waals surface area contributed by atoms with Crippen LogP contribution < -0.4 is 0 Å². The summed E-state index contributed by atoms with van der Waals surface area (Å²) in [5, 5.41) is 3.43. The van der Waals surface area contributed by atoms with E-state index in [4.69, 9.17) is 4.42 Å². The molecule has 6 aromatic rings. The predicted molar refractivity (Wildman–Crippen MR) is 134 cm³/mol. The van der Waals surface area contributed by atoms with Crippen molar-refractivity contribution in [3.8, 4) is 5.82 Å². The van der Waals surface area contributed by atoms with Crippen LogP contribution >= 0.6 is 0 Å². The van der Waals surface area contributed by atoms with Gasteiger partial charge in [0.25, 0.3) is 0 Å². The number of benzene rings is 3. The number of para-hydroxylation sites is 2. The first-order valence-corrected chi connectivity index (χ1v) is 10.6. The molecule has 0 aliphatic heterocycles. The fourth-order valence-corrected chi connectivity index (χ4v) is 4.42. The third-order valence-electron chi connectivity index (χ3n) is 5.87.